The predicted molar refractivity (Wildman–Crippen MR) is 93.7 cm³/mol. The van der Waals surface area contributed by atoms with Crippen molar-refractivity contribution in [1.82, 2.24) is 10.2 Å². The lowest BCUT2D eigenvalue weighted by Crippen LogP contribution is -2.58. The number of amides is 2. The molecule has 0 bridgehead atoms. The molecule has 0 radical (unpaired) electrons. The highest BCUT2D eigenvalue weighted by molar-refractivity contribution is 6.15. The van der Waals surface area contributed by atoms with Gasteiger partial charge in [-0.15, -0.1) is 0 Å². The van der Waals surface area contributed by atoms with E-state index in [1.165, 1.54) is 6.92 Å². The second-order valence-corrected chi connectivity index (χ2v) is 6.65. The van der Waals surface area contributed by atoms with E-state index in [0.29, 0.717) is 18.0 Å². The largest absolute Gasteiger partial charge is 0.466 e. The Morgan fingerprint density at radius 1 is 1.36 bits per heavy atom. The number of morpholine rings is 1. The summed E-state index contributed by atoms with van der Waals surface area (Å²) in [5.74, 6) is -0.356. The lowest BCUT2D eigenvalue weighted by molar-refractivity contribution is -0.146. The van der Waals surface area contributed by atoms with Gasteiger partial charge in [-0.05, 0) is 44.5 Å². The van der Waals surface area contributed by atoms with E-state index in [1.807, 2.05) is 19.1 Å². The summed E-state index contributed by atoms with van der Waals surface area (Å²) in [6, 6.07) is 5.48. The number of ether oxygens (including phenoxy) is 2. The number of hydrogen-bond donors (Lipinski definition) is 2. The van der Waals surface area contributed by atoms with Crippen molar-refractivity contribution in [3.63, 3.8) is 0 Å². The van der Waals surface area contributed by atoms with E-state index in [2.05, 4.69) is 15.5 Å². The van der Waals surface area contributed by atoms with Crippen LogP contribution in [0.15, 0.2) is 18.2 Å². The quantitative estimate of drug-likeness (QED) is 0.612. The van der Waals surface area contributed by atoms with Crippen LogP contribution in [-0.2, 0) is 14.3 Å². The second kappa shape index (κ2) is 7.41. The van der Waals surface area contributed by atoms with E-state index in [0.717, 1.165) is 44.8 Å². The number of anilines is 1. The zero-order chi connectivity index (χ0) is 17.9. The van der Waals surface area contributed by atoms with Gasteiger partial charge in [0.1, 0.15) is 5.75 Å². The standard InChI is InChI=1S/C18H25N3O4/c1-13-4-5-15-14(12-13)20-17(23)18(2,25-15)16(22)19-6-3-7-21-8-10-24-11-9-21/h4-5,12H,3,6-11H2,1-2H3,(H,19,22)(H,20,23). The SMILES string of the molecule is Cc1ccc2c(c1)NC(=O)C(C)(C(=O)NCCCN1CCOCC1)O2. The maximum atomic E-state index is 12.5. The number of aryl methyl sites for hydroxylation is 1. The summed E-state index contributed by atoms with van der Waals surface area (Å²) in [5, 5.41) is 5.59. The van der Waals surface area contributed by atoms with Crippen molar-refractivity contribution in [3.8, 4) is 5.75 Å². The Kier molecular flexibility index (Phi) is 5.24. The van der Waals surface area contributed by atoms with Gasteiger partial charge in [0.2, 0.25) is 0 Å². The molecule has 7 heteroatoms. The first-order valence-corrected chi connectivity index (χ1v) is 8.68. The number of carbonyl (C=O) groups excluding carboxylic acids is 2. The Hall–Kier alpha value is -2.12. The van der Waals surface area contributed by atoms with Crippen molar-refractivity contribution in [1.29, 1.82) is 0 Å². The Morgan fingerprint density at radius 3 is 2.88 bits per heavy atom. The van der Waals surface area contributed by atoms with Crippen LogP contribution in [0.4, 0.5) is 5.69 Å². The molecule has 2 aliphatic rings. The van der Waals surface area contributed by atoms with E-state index in [4.69, 9.17) is 9.47 Å². The summed E-state index contributed by atoms with van der Waals surface area (Å²) in [7, 11) is 0. The van der Waals surface area contributed by atoms with E-state index >= 15 is 0 Å². The lowest BCUT2D eigenvalue weighted by Gasteiger charge is -2.33. The molecule has 25 heavy (non-hydrogen) atoms. The fourth-order valence-corrected chi connectivity index (χ4v) is 2.99. The van der Waals surface area contributed by atoms with Crippen LogP contribution in [0.1, 0.15) is 18.9 Å². The fraction of sp³-hybridized carbons (Fsp3) is 0.556. The third kappa shape index (κ3) is 3.93. The van der Waals surface area contributed by atoms with Crippen LogP contribution >= 0.6 is 0 Å². The van der Waals surface area contributed by atoms with Gasteiger partial charge in [0.15, 0.2) is 0 Å². The average Bonchev–Trinajstić information content (AvgIpc) is 2.61. The molecule has 0 saturated carbocycles. The molecule has 136 valence electrons. The highest BCUT2D eigenvalue weighted by atomic mass is 16.5. The predicted octanol–water partition coefficient (Wildman–Crippen LogP) is 0.923. The average molecular weight is 347 g/mol. The number of nitrogens with zero attached hydrogens (tertiary/aromatic N) is 1. The first kappa shape index (κ1) is 17.7. The normalized spacial score (nSPS) is 23.4. The maximum Gasteiger partial charge on any atom is 0.278 e. The van der Waals surface area contributed by atoms with E-state index in [-0.39, 0.29) is 0 Å². The third-order valence-electron chi connectivity index (χ3n) is 4.60. The van der Waals surface area contributed by atoms with Gasteiger partial charge in [-0.25, -0.2) is 0 Å². The fourth-order valence-electron chi connectivity index (χ4n) is 2.99. The number of fused-ring (bicyclic) bond motifs is 1. The van der Waals surface area contributed by atoms with E-state index in [1.54, 1.807) is 6.07 Å². The van der Waals surface area contributed by atoms with Crippen molar-refractivity contribution in [2.75, 3.05) is 44.7 Å². The molecule has 1 unspecified atom stereocenters. The molecule has 3 rings (SSSR count). The molecular formula is C18H25N3O4. The molecule has 2 amide bonds. The molecule has 1 fully saturated rings. The first-order chi connectivity index (χ1) is 12.0. The summed E-state index contributed by atoms with van der Waals surface area (Å²) in [5.41, 5.74) is 0.0581. The van der Waals surface area contributed by atoms with Crippen LogP contribution in [-0.4, -0.2) is 61.7 Å². The number of nitrogens with one attached hydrogen (secondary N) is 2. The monoisotopic (exact) mass is 347 g/mol. The van der Waals surface area contributed by atoms with Crippen LogP contribution in [0.5, 0.6) is 5.75 Å². The maximum absolute atomic E-state index is 12.5. The van der Waals surface area contributed by atoms with E-state index in [9.17, 15) is 9.59 Å². The van der Waals surface area contributed by atoms with Crippen LogP contribution in [0, 0.1) is 6.92 Å². The molecule has 2 heterocycles. The molecule has 1 atom stereocenters. The Balaban J connectivity index is 1.53. The number of rotatable bonds is 5. The molecule has 2 aliphatic heterocycles. The minimum atomic E-state index is -1.55. The van der Waals surface area contributed by atoms with Gasteiger partial charge in [-0.3, -0.25) is 14.5 Å². The van der Waals surface area contributed by atoms with Crippen molar-refractivity contribution in [2.45, 2.75) is 25.9 Å². The minimum absolute atomic E-state index is 0.418. The molecule has 7 nitrogen and oxygen atoms in total. The highest BCUT2D eigenvalue weighted by Gasteiger charge is 2.47. The molecule has 2 N–H and O–H groups in total. The van der Waals surface area contributed by atoms with Gasteiger partial charge in [-0.2, -0.15) is 0 Å². The molecule has 0 spiro atoms. The third-order valence-corrected chi connectivity index (χ3v) is 4.60. The van der Waals surface area contributed by atoms with Crippen molar-refractivity contribution in [3.05, 3.63) is 23.8 Å². The van der Waals surface area contributed by atoms with Crippen LogP contribution in [0.2, 0.25) is 0 Å². The van der Waals surface area contributed by atoms with Gasteiger partial charge >= 0.3 is 0 Å². The molecule has 1 aromatic rings. The van der Waals surface area contributed by atoms with Gasteiger partial charge in [0.25, 0.3) is 17.4 Å². The Bertz CT molecular complexity index is 658. The Labute approximate surface area is 147 Å². The summed E-state index contributed by atoms with van der Waals surface area (Å²) in [6.07, 6.45) is 0.819. The zero-order valence-corrected chi connectivity index (χ0v) is 14.8. The highest BCUT2D eigenvalue weighted by Crippen LogP contribution is 2.34. The van der Waals surface area contributed by atoms with Gasteiger partial charge in [-0.1, -0.05) is 6.07 Å². The smallest absolute Gasteiger partial charge is 0.278 e. The minimum Gasteiger partial charge on any atom is -0.466 e. The zero-order valence-electron chi connectivity index (χ0n) is 14.8. The summed E-state index contributed by atoms with van der Waals surface area (Å²) < 4.78 is 11.1. The topological polar surface area (TPSA) is 79.9 Å². The van der Waals surface area contributed by atoms with Crippen molar-refractivity contribution in [2.24, 2.45) is 0 Å². The number of carbonyl (C=O) groups is 2. The van der Waals surface area contributed by atoms with Gasteiger partial charge < -0.3 is 20.1 Å². The van der Waals surface area contributed by atoms with Gasteiger partial charge in [0, 0.05) is 19.6 Å². The lowest BCUT2D eigenvalue weighted by atomic mass is 10.0. The molecule has 0 aliphatic carbocycles. The number of benzene rings is 1. The first-order valence-electron chi connectivity index (χ1n) is 8.68. The second-order valence-electron chi connectivity index (χ2n) is 6.65. The van der Waals surface area contributed by atoms with Gasteiger partial charge in [0.05, 0.1) is 18.9 Å². The van der Waals surface area contributed by atoms with Crippen LogP contribution in [0.25, 0.3) is 0 Å². The molecule has 1 aromatic carbocycles. The van der Waals surface area contributed by atoms with Crippen LogP contribution < -0.4 is 15.4 Å². The molecule has 1 saturated heterocycles. The van der Waals surface area contributed by atoms with Crippen molar-refractivity contribution < 1.29 is 19.1 Å². The summed E-state index contributed by atoms with van der Waals surface area (Å²) in [6.45, 7) is 8.21. The number of hydrogen-bond acceptors (Lipinski definition) is 5. The molecular weight excluding hydrogens is 322 g/mol. The van der Waals surface area contributed by atoms with E-state index < -0.39 is 17.4 Å². The Morgan fingerprint density at radius 2 is 2.12 bits per heavy atom. The summed E-state index contributed by atoms with van der Waals surface area (Å²) >= 11 is 0. The van der Waals surface area contributed by atoms with Crippen molar-refractivity contribution >= 4 is 17.5 Å². The molecule has 0 aromatic heterocycles. The van der Waals surface area contributed by atoms with Crippen LogP contribution in [0.3, 0.4) is 0 Å². The summed E-state index contributed by atoms with van der Waals surface area (Å²) in [4.78, 5) is 27.2.